The molecule has 2 aliphatic rings. The van der Waals surface area contributed by atoms with Gasteiger partial charge >= 0.3 is 0 Å². The van der Waals surface area contributed by atoms with Crippen LogP contribution in [0.15, 0.2) is 82.4 Å². The van der Waals surface area contributed by atoms with Gasteiger partial charge in [-0.3, -0.25) is 23.5 Å². The van der Waals surface area contributed by atoms with Crippen LogP contribution in [0.3, 0.4) is 0 Å². The minimum Gasteiger partial charge on any atom is -0.385 e. The second-order valence-corrected chi connectivity index (χ2v) is 16.2. The molecule has 2 unspecified atom stereocenters. The Morgan fingerprint density at radius 1 is 0.691 bits per heavy atom. The minimum atomic E-state index is -0.101. The molecule has 284 valence electrons. The summed E-state index contributed by atoms with van der Waals surface area (Å²) in [7, 11) is 0. The molecule has 55 heavy (non-hydrogen) atoms. The summed E-state index contributed by atoms with van der Waals surface area (Å²) in [6.07, 6.45) is 1.90. The second-order valence-electron chi connectivity index (χ2n) is 15.3. The fraction of sp³-hybridized carbons (Fsp3) is 0.341. The lowest BCUT2D eigenvalue weighted by Gasteiger charge is -2.33. The summed E-state index contributed by atoms with van der Waals surface area (Å²) in [6.45, 7) is 15.8. The number of hydrogen-bond acceptors (Lipinski definition) is 6. The summed E-state index contributed by atoms with van der Waals surface area (Å²) in [5.41, 5.74) is 7.08. The molecule has 1 amide bonds. The molecule has 0 spiro atoms. The Bertz CT molecular complexity index is 2560. The van der Waals surface area contributed by atoms with Crippen LogP contribution in [-0.2, 0) is 4.79 Å². The maximum Gasteiger partial charge on any atom is 0.265 e. The number of benzene rings is 4. The quantitative estimate of drug-likeness (QED) is 0.191. The number of nitrogens with one attached hydrogen (secondary N) is 1. The van der Waals surface area contributed by atoms with Gasteiger partial charge in [-0.15, -0.1) is 0 Å². The number of fused-ring (bicyclic) bond motifs is 6. The molecule has 6 aromatic rings. The fourth-order valence-electron chi connectivity index (χ4n) is 7.88. The number of anilines is 2. The summed E-state index contributed by atoms with van der Waals surface area (Å²) in [5, 5.41) is 5.95. The van der Waals surface area contributed by atoms with E-state index < -0.39 is 0 Å². The predicted octanol–water partition coefficient (Wildman–Crippen LogP) is 10.1. The lowest BCUT2D eigenvalue weighted by atomic mass is 9.89. The molecule has 0 radical (unpaired) electrons. The molecule has 0 saturated heterocycles. The molecule has 4 aromatic carbocycles. The topological polar surface area (TPSA) is 102 Å². The number of carbonyl (C=O) groups excluding carboxylic acids is 1. The van der Waals surface area contributed by atoms with Gasteiger partial charge in [0.05, 0.1) is 33.2 Å². The summed E-state index contributed by atoms with van der Waals surface area (Å²) >= 11 is 12.1. The van der Waals surface area contributed by atoms with E-state index in [1.165, 1.54) is 0 Å². The van der Waals surface area contributed by atoms with Crippen molar-refractivity contribution in [2.75, 3.05) is 23.3 Å². The third kappa shape index (κ3) is 7.04. The monoisotopic (exact) mass is 776 g/mol. The molecule has 8 rings (SSSR count). The van der Waals surface area contributed by atoms with E-state index in [1.54, 1.807) is 51.3 Å². The second kappa shape index (κ2) is 15.3. The Hall–Kier alpha value is -4.99. The lowest BCUT2D eigenvalue weighted by Crippen LogP contribution is -2.35. The molecule has 2 aliphatic heterocycles. The zero-order valence-corrected chi connectivity index (χ0v) is 33.8. The molecular formula is C44H46Cl2N6O3. The van der Waals surface area contributed by atoms with E-state index >= 15 is 0 Å². The van der Waals surface area contributed by atoms with Crippen LogP contribution in [0, 0.1) is 0 Å². The number of rotatable bonds is 4. The molecule has 11 heteroatoms. The zero-order chi connectivity index (χ0) is 39.3. The maximum absolute atomic E-state index is 13.6. The van der Waals surface area contributed by atoms with Gasteiger partial charge in [-0.2, -0.15) is 0 Å². The smallest absolute Gasteiger partial charge is 0.265 e. The average molecular weight is 778 g/mol. The van der Waals surface area contributed by atoms with E-state index in [2.05, 4.69) is 33.0 Å². The van der Waals surface area contributed by atoms with E-state index in [9.17, 15) is 14.4 Å². The van der Waals surface area contributed by atoms with Crippen LogP contribution in [0.25, 0.3) is 33.2 Å². The first-order chi connectivity index (χ1) is 26.3. The lowest BCUT2D eigenvalue weighted by molar-refractivity contribution is -0.116. The van der Waals surface area contributed by atoms with Gasteiger partial charge in [0.1, 0.15) is 11.6 Å². The number of nitrogens with zero attached hydrogens (tertiary/aromatic N) is 5. The van der Waals surface area contributed by atoms with Crippen LogP contribution in [0.2, 0.25) is 10.0 Å². The largest absolute Gasteiger partial charge is 0.385 e. The van der Waals surface area contributed by atoms with Crippen LogP contribution in [0.1, 0.15) is 108 Å². The molecule has 0 saturated carbocycles. The summed E-state index contributed by atoms with van der Waals surface area (Å²) < 4.78 is 3.39. The van der Waals surface area contributed by atoms with Crippen molar-refractivity contribution in [2.24, 2.45) is 0 Å². The normalized spacial score (nSPS) is 16.5. The average Bonchev–Trinajstić information content (AvgIpc) is 3.15. The van der Waals surface area contributed by atoms with Crippen molar-refractivity contribution in [1.82, 2.24) is 19.1 Å². The Morgan fingerprint density at radius 2 is 1.16 bits per heavy atom. The maximum atomic E-state index is 13.6. The van der Waals surface area contributed by atoms with E-state index in [1.807, 2.05) is 56.3 Å². The van der Waals surface area contributed by atoms with Gasteiger partial charge in [-0.1, -0.05) is 64.7 Å². The molecule has 0 fully saturated rings. The van der Waals surface area contributed by atoms with Gasteiger partial charge in [-0.05, 0) is 97.5 Å². The molecule has 9 nitrogen and oxygen atoms in total. The third-order valence-electron chi connectivity index (χ3n) is 10.7. The van der Waals surface area contributed by atoms with Crippen LogP contribution < -0.4 is 21.3 Å². The molecule has 2 aromatic heterocycles. The highest BCUT2D eigenvalue weighted by atomic mass is 35.5. The van der Waals surface area contributed by atoms with Crippen molar-refractivity contribution in [3.8, 4) is 11.4 Å². The van der Waals surface area contributed by atoms with Crippen molar-refractivity contribution < 1.29 is 4.79 Å². The van der Waals surface area contributed by atoms with Crippen molar-refractivity contribution in [1.29, 1.82) is 0 Å². The van der Waals surface area contributed by atoms with E-state index in [0.717, 1.165) is 64.6 Å². The first kappa shape index (κ1) is 38.3. The van der Waals surface area contributed by atoms with Gasteiger partial charge in [0.15, 0.2) is 0 Å². The molecule has 1 N–H and O–H groups in total. The summed E-state index contributed by atoms with van der Waals surface area (Å²) in [5.74, 6) is 2.25. The Labute approximate surface area is 330 Å². The minimum absolute atomic E-state index is 0.0103. The highest BCUT2D eigenvalue weighted by Gasteiger charge is 2.29. The highest BCUT2D eigenvalue weighted by molar-refractivity contribution is 6.30. The number of halogens is 2. The zero-order valence-electron chi connectivity index (χ0n) is 32.3. The van der Waals surface area contributed by atoms with Gasteiger partial charge < -0.3 is 10.2 Å². The van der Waals surface area contributed by atoms with E-state index in [4.69, 9.17) is 33.2 Å². The van der Waals surface area contributed by atoms with Crippen molar-refractivity contribution in [2.45, 2.75) is 85.0 Å². The summed E-state index contributed by atoms with van der Waals surface area (Å²) in [4.78, 5) is 50.9. The molecule has 4 heterocycles. The number of aromatic nitrogens is 4. The van der Waals surface area contributed by atoms with Gasteiger partial charge in [0, 0.05) is 64.4 Å². The Kier molecular flexibility index (Phi) is 10.6. The van der Waals surface area contributed by atoms with Crippen LogP contribution in [0.4, 0.5) is 11.4 Å². The number of hydrogen-bond donors (Lipinski definition) is 1. The van der Waals surface area contributed by atoms with Crippen molar-refractivity contribution >= 4 is 62.3 Å². The van der Waals surface area contributed by atoms with Gasteiger partial charge in [0.25, 0.3) is 11.1 Å². The van der Waals surface area contributed by atoms with E-state index in [0.29, 0.717) is 44.6 Å². The third-order valence-corrected chi connectivity index (χ3v) is 11.2. The van der Waals surface area contributed by atoms with Crippen LogP contribution >= 0.6 is 23.2 Å². The molecule has 2 atom stereocenters. The van der Waals surface area contributed by atoms with E-state index in [-0.39, 0.29) is 34.8 Å². The van der Waals surface area contributed by atoms with Crippen LogP contribution in [0.5, 0.6) is 0 Å². The molecule has 0 bridgehead atoms. The first-order valence-corrected chi connectivity index (χ1v) is 19.7. The first-order valence-electron chi connectivity index (χ1n) is 19.0. The van der Waals surface area contributed by atoms with Gasteiger partial charge in [-0.25, -0.2) is 9.97 Å². The SMILES string of the molecule is CC(=O)N1CCC(C)c2c1ccc1c(=O)n(-c3ccc(Cl)cc3)c(C(C)C)nc21.CC(C)c1nc2c3c(ccc2c(=O)n1-c1ccc(Cl)cc1)NCCC3C. The van der Waals surface area contributed by atoms with Crippen LogP contribution in [-0.4, -0.2) is 38.1 Å². The van der Waals surface area contributed by atoms with Gasteiger partial charge in [0.2, 0.25) is 5.91 Å². The predicted molar refractivity (Wildman–Crippen MR) is 225 cm³/mol. The fourth-order valence-corrected chi connectivity index (χ4v) is 8.13. The Morgan fingerprint density at radius 3 is 1.65 bits per heavy atom. The van der Waals surface area contributed by atoms with Crippen molar-refractivity contribution in [3.63, 3.8) is 0 Å². The standard InChI is InChI=1S/C23H24ClN3O2.C21H22ClN3O/c1-13(2)22-25-21-18(23(29)27(22)17-7-5-16(24)6-8-17)9-10-19-20(21)14(3)11-12-26(19)15(4)28;1-12(2)20-24-19-16(8-9-17-18(19)13(3)10-11-23-17)21(26)25(20)15-6-4-14(22)5-7-15/h5-10,13-14H,11-12H2,1-4H3;4-9,12-13,23H,10-11H2,1-3H3. The van der Waals surface area contributed by atoms with Crippen molar-refractivity contribution in [3.05, 3.63) is 126 Å². The number of amides is 1. The molecule has 0 aliphatic carbocycles. The molecular weight excluding hydrogens is 731 g/mol. The Balaban J connectivity index is 0.000000170. The summed E-state index contributed by atoms with van der Waals surface area (Å²) in [6, 6.07) is 22.2. The number of carbonyl (C=O) groups is 1. The highest BCUT2D eigenvalue weighted by Crippen LogP contribution is 2.40.